The molecular weight excluding hydrogens is 352 g/mol. The smallest absolute Gasteiger partial charge is 0.321 e. The highest BCUT2D eigenvalue weighted by Gasteiger charge is 2.10. The molecule has 0 aliphatic carbocycles. The van der Waals surface area contributed by atoms with E-state index >= 15 is 0 Å². The zero-order valence-corrected chi connectivity index (χ0v) is 14.5. The molecule has 0 spiro atoms. The van der Waals surface area contributed by atoms with Crippen molar-refractivity contribution in [3.05, 3.63) is 54.9 Å². The van der Waals surface area contributed by atoms with Gasteiger partial charge in [0.15, 0.2) is 0 Å². The Labute approximate surface area is 153 Å². The van der Waals surface area contributed by atoms with Crippen LogP contribution >= 0.6 is 11.3 Å². The van der Waals surface area contributed by atoms with Crippen LogP contribution in [0.5, 0.6) is 0 Å². The van der Waals surface area contributed by atoms with E-state index in [9.17, 15) is 9.59 Å². The van der Waals surface area contributed by atoms with Crippen molar-refractivity contribution in [1.82, 2.24) is 20.5 Å². The van der Waals surface area contributed by atoms with Gasteiger partial charge in [0.05, 0.1) is 0 Å². The van der Waals surface area contributed by atoms with Crippen molar-refractivity contribution in [2.75, 3.05) is 17.2 Å². The van der Waals surface area contributed by atoms with Gasteiger partial charge in [-0.05, 0) is 12.1 Å². The van der Waals surface area contributed by atoms with Crippen LogP contribution < -0.4 is 16.0 Å². The second-order valence-corrected chi connectivity index (χ2v) is 6.17. The zero-order chi connectivity index (χ0) is 18.2. The van der Waals surface area contributed by atoms with Gasteiger partial charge < -0.3 is 10.6 Å². The Balaban J connectivity index is 1.42. The van der Waals surface area contributed by atoms with Gasteiger partial charge in [0.1, 0.15) is 5.01 Å². The Morgan fingerprint density at radius 2 is 1.73 bits per heavy atom. The average Bonchev–Trinajstić information content (AvgIpc) is 3.11. The van der Waals surface area contributed by atoms with Gasteiger partial charge in [0.25, 0.3) is 0 Å². The fourth-order valence-corrected chi connectivity index (χ4v) is 2.80. The zero-order valence-electron chi connectivity index (χ0n) is 13.7. The van der Waals surface area contributed by atoms with Crippen molar-refractivity contribution in [3.63, 3.8) is 0 Å². The molecule has 3 N–H and O–H groups in total. The predicted octanol–water partition coefficient (Wildman–Crippen LogP) is 2.75. The van der Waals surface area contributed by atoms with Gasteiger partial charge in [-0.2, -0.15) is 0 Å². The summed E-state index contributed by atoms with van der Waals surface area (Å²) in [6.07, 6.45) is 3.33. The summed E-state index contributed by atoms with van der Waals surface area (Å²) in [6.45, 7) is 0.201. The molecule has 0 bridgehead atoms. The first-order valence-corrected chi connectivity index (χ1v) is 8.66. The standard InChI is InChI=1S/C17H16N6O2S/c24-14(20-13-6-9-18-10-7-13)8-11-19-16(25)21-17-23-22-15(26-17)12-4-2-1-3-5-12/h1-7,9-10H,8,11H2,(H,18,20,24)(H2,19,21,23,25). The molecular formula is C17H16N6O2S. The molecule has 3 aromatic rings. The summed E-state index contributed by atoms with van der Waals surface area (Å²) in [6, 6.07) is 12.5. The monoisotopic (exact) mass is 368 g/mol. The van der Waals surface area contributed by atoms with Gasteiger partial charge in [0, 0.05) is 36.6 Å². The number of carbonyl (C=O) groups is 2. The summed E-state index contributed by atoms with van der Waals surface area (Å²) >= 11 is 1.28. The number of amides is 3. The first-order chi connectivity index (χ1) is 12.7. The van der Waals surface area contributed by atoms with Crippen LogP contribution in [-0.2, 0) is 4.79 Å². The van der Waals surface area contributed by atoms with Gasteiger partial charge in [-0.1, -0.05) is 41.7 Å². The van der Waals surface area contributed by atoms with E-state index in [0.717, 1.165) is 10.6 Å². The Morgan fingerprint density at radius 1 is 0.962 bits per heavy atom. The Kier molecular flexibility index (Phi) is 5.84. The normalized spacial score (nSPS) is 10.2. The minimum Gasteiger partial charge on any atom is -0.337 e. The van der Waals surface area contributed by atoms with Gasteiger partial charge in [0.2, 0.25) is 11.0 Å². The maximum absolute atomic E-state index is 11.9. The van der Waals surface area contributed by atoms with E-state index in [1.807, 2.05) is 30.3 Å². The summed E-state index contributed by atoms with van der Waals surface area (Å²) in [5.41, 5.74) is 1.60. The van der Waals surface area contributed by atoms with E-state index < -0.39 is 6.03 Å². The number of hydrogen-bond donors (Lipinski definition) is 3. The number of nitrogens with zero attached hydrogens (tertiary/aromatic N) is 3. The number of anilines is 2. The summed E-state index contributed by atoms with van der Waals surface area (Å²) in [7, 11) is 0. The molecule has 132 valence electrons. The first kappa shape index (κ1) is 17.5. The van der Waals surface area contributed by atoms with E-state index in [1.165, 1.54) is 11.3 Å². The Morgan fingerprint density at radius 3 is 2.50 bits per heavy atom. The highest BCUT2D eigenvalue weighted by molar-refractivity contribution is 7.18. The molecule has 8 nitrogen and oxygen atoms in total. The fourth-order valence-electron chi connectivity index (χ4n) is 2.06. The largest absolute Gasteiger partial charge is 0.337 e. The molecule has 0 radical (unpaired) electrons. The third-order valence-electron chi connectivity index (χ3n) is 3.27. The lowest BCUT2D eigenvalue weighted by atomic mass is 10.2. The van der Waals surface area contributed by atoms with Crippen molar-refractivity contribution >= 4 is 34.1 Å². The third-order valence-corrected chi connectivity index (χ3v) is 4.16. The lowest BCUT2D eigenvalue weighted by molar-refractivity contribution is -0.116. The topological polar surface area (TPSA) is 109 Å². The molecule has 0 unspecified atom stereocenters. The van der Waals surface area contributed by atoms with E-state index in [0.29, 0.717) is 10.8 Å². The van der Waals surface area contributed by atoms with Crippen LogP contribution in [0, 0.1) is 0 Å². The van der Waals surface area contributed by atoms with E-state index in [-0.39, 0.29) is 18.9 Å². The molecule has 3 rings (SSSR count). The lowest BCUT2D eigenvalue weighted by Gasteiger charge is -2.06. The van der Waals surface area contributed by atoms with Gasteiger partial charge in [-0.25, -0.2) is 4.79 Å². The maximum atomic E-state index is 11.9. The minimum atomic E-state index is -0.433. The molecule has 0 saturated heterocycles. The number of urea groups is 1. The van der Waals surface area contributed by atoms with Crippen LogP contribution in [0.1, 0.15) is 6.42 Å². The highest BCUT2D eigenvalue weighted by Crippen LogP contribution is 2.25. The van der Waals surface area contributed by atoms with Crippen LogP contribution in [0.2, 0.25) is 0 Å². The van der Waals surface area contributed by atoms with E-state index in [2.05, 4.69) is 31.1 Å². The summed E-state index contributed by atoms with van der Waals surface area (Å²) in [5.74, 6) is -0.196. The van der Waals surface area contributed by atoms with E-state index in [4.69, 9.17) is 0 Å². The van der Waals surface area contributed by atoms with Crippen molar-refractivity contribution in [3.8, 4) is 10.6 Å². The number of rotatable bonds is 6. The molecule has 0 aliphatic rings. The first-order valence-electron chi connectivity index (χ1n) is 7.84. The number of hydrogen-bond acceptors (Lipinski definition) is 6. The molecule has 2 heterocycles. The number of pyridine rings is 1. The molecule has 9 heteroatoms. The Hall–Kier alpha value is -3.33. The molecule has 3 amide bonds. The van der Waals surface area contributed by atoms with Crippen molar-refractivity contribution in [1.29, 1.82) is 0 Å². The lowest BCUT2D eigenvalue weighted by Crippen LogP contribution is -2.31. The quantitative estimate of drug-likeness (QED) is 0.620. The second kappa shape index (κ2) is 8.67. The number of carbonyl (C=O) groups excluding carboxylic acids is 2. The summed E-state index contributed by atoms with van der Waals surface area (Å²) in [4.78, 5) is 27.5. The van der Waals surface area contributed by atoms with Crippen LogP contribution in [-0.4, -0.2) is 33.7 Å². The van der Waals surface area contributed by atoms with Crippen molar-refractivity contribution in [2.45, 2.75) is 6.42 Å². The Bertz CT molecular complexity index is 869. The average molecular weight is 368 g/mol. The van der Waals surface area contributed by atoms with E-state index in [1.54, 1.807) is 24.5 Å². The SMILES string of the molecule is O=C(CCNC(=O)Nc1nnc(-c2ccccc2)s1)Nc1ccncc1. The van der Waals surface area contributed by atoms with Crippen molar-refractivity contribution < 1.29 is 9.59 Å². The minimum absolute atomic E-state index is 0.154. The van der Waals surface area contributed by atoms with Gasteiger partial charge in [-0.3, -0.25) is 15.1 Å². The third kappa shape index (κ3) is 5.08. The molecule has 0 fully saturated rings. The fraction of sp³-hybridized carbons (Fsp3) is 0.118. The summed E-state index contributed by atoms with van der Waals surface area (Å²) in [5, 5.41) is 17.0. The van der Waals surface area contributed by atoms with Gasteiger partial charge in [-0.15, -0.1) is 10.2 Å². The highest BCUT2D eigenvalue weighted by atomic mass is 32.1. The molecule has 0 atom stereocenters. The van der Waals surface area contributed by atoms with Crippen LogP contribution in [0.4, 0.5) is 15.6 Å². The molecule has 0 saturated carbocycles. The van der Waals surface area contributed by atoms with Crippen LogP contribution in [0.15, 0.2) is 54.9 Å². The van der Waals surface area contributed by atoms with Crippen LogP contribution in [0.3, 0.4) is 0 Å². The summed E-state index contributed by atoms with van der Waals surface area (Å²) < 4.78 is 0. The number of nitrogens with one attached hydrogen (secondary N) is 3. The number of aromatic nitrogens is 3. The van der Waals surface area contributed by atoms with Crippen molar-refractivity contribution in [2.24, 2.45) is 0 Å². The number of benzene rings is 1. The van der Waals surface area contributed by atoms with Crippen LogP contribution in [0.25, 0.3) is 10.6 Å². The molecule has 1 aromatic carbocycles. The second-order valence-electron chi connectivity index (χ2n) is 5.19. The van der Waals surface area contributed by atoms with Gasteiger partial charge >= 0.3 is 6.03 Å². The maximum Gasteiger partial charge on any atom is 0.321 e. The molecule has 2 aromatic heterocycles. The molecule has 26 heavy (non-hydrogen) atoms. The molecule has 0 aliphatic heterocycles. The predicted molar refractivity (Wildman–Crippen MR) is 99.9 cm³/mol.